The molecular weight excluding hydrogens is 262 g/mol. The molecule has 21 heavy (non-hydrogen) atoms. The van der Waals surface area contributed by atoms with Crippen molar-refractivity contribution >= 4 is 5.69 Å². The van der Waals surface area contributed by atoms with Crippen LogP contribution in [-0.4, -0.2) is 57.4 Å². The summed E-state index contributed by atoms with van der Waals surface area (Å²) in [6.07, 6.45) is 3.54. The molecule has 2 heterocycles. The van der Waals surface area contributed by atoms with Crippen molar-refractivity contribution < 1.29 is 4.74 Å². The molecule has 2 aliphatic rings. The topological polar surface area (TPSA) is 36.5 Å². The molecule has 0 saturated carbocycles. The molecule has 0 unspecified atom stereocenters. The van der Waals surface area contributed by atoms with Gasteiger partial charge in [0.05, 0.1) is 13.2 Å². The minimum absolute atomic E-state index is 0.903. The van der Waals surface area contributed by atoms with Crippen LogP contribution in [0.2, 0.25) is 0 Å². The zero-order valence-corrected chi connectivity index (χ0v) is 12.9. The van der Waals surface area contributed by atoms with Crippen LogP contribution in [0.3, 0.4) is 0 Å². The molecule has 0 spiro atoms. The van der Waals surface area contributed by atoms with E-state index in [2.05, 4.69) is 33.7 Å². The van der Waals surface area contributed by atoms with E-state index in [4.69, 9.17) is 4.74 Å². The summed E-state index contributed by atoms with van der Waals surface area (Å²) in [6.45, 7) is 8.49. The Kier molecular flexibility index (Phi) is 5.49. The van der Waals surface area contributed by atoms with Gasteiger partial charge in [-0.25, -0.2) is 0 Å². The highest BCUT2D eigenvalue weighted by atomic mass is 16.5. The summed E-state index contributed by atoms with van der Waals surface area (Å²) >= 11 is 0. The smallest absolute Gasteiger partial charge is 0.0594 e. The summed E-state index contributed by atoms with van der Waals surface area (Å²) in [7, 11) is 0. The average Bonchev–Trinajstić information content (AvgIpc) is 2.99. The summed E-state index contributed by atoms with van der Waals surface area (Å²) in [5.41, 5.74) is 4.27. The Balaban J connectivity index is 1.28. The van der Waals surface area contributed by atoms with E-state index in [0.29, 0.717) is 0 Å². The Hall–Kier alpha value is -1.10. The van der Waals surface area contributed by atoms with E-state index in [1.54, 1.807) is 0 Å². The molecule has 116 valence electrons. The number of benzene rings is 1. The first kappa shape index (κ1) is 14.8. The van der Waals surface area contributed by atoms with Crippen molar-refractivity contribution in [2.24, 2.45) is 0 Å². The fourth-order valence-electron chi connectivity index (χ4n) is 3.12. The Morgan fingerprint density at radius 3 is 3.00 bits per heavy atom. The molecule has 0 amide bonds. The van der Waals surface area contributed by atoms with Gasteiger partial charge in [0.1, 0.15) is 0 Å². The van der Waals surface area contributed by atoms with Crippen LogP contribution in [0.5, 0.6) is 0 Å². The molecule has 4 nitrogen and oxygen atoms in total. The van der Waals surface area contributed by atoms with E-state index in [-0.39, 0.29) is 0 Å². The summed E-state index contributed by atoms with van der Waals surface area (Å²) in [5.74, 6) is 0. The lowest BCUT2D eigenvalue weighted by atomic mass is 10.1. The van der Waals surface area contributed by atoms with Crippen LogP contribution in [0.1, 0.15) is 17.5 Å². The number of rotatable bonds is 7. The Morgan fingerprint density at radius 1 is 1.19 bits per heavy atom. The van der Waals surface area contributed by atoms with Gasteiger partial charge in [0.2, 0.25) is 0 Å². The number of fused-ring (bicyclic) bond motifs is 1. The van der Waals surface area contributed by atoms with Gasteiger partial charge >= 0.3 is 0 Å². The molecule has 0 aliphatic carbocycles. The van der Waals surface area contributed by atoms with E-state index < -0.39 is 0 Å². The highest BCUT2D eigenvalue weighted by molar-refractivity contribution is 5.56. The molecule has 3 rings (SSSR count). The third-order valence-electron chi connectivity index (χ3n) is 4.40. The maximum Gasteiger partial charge on any atom is 0.0594 e. The molecule has 2 aliphatic heterocycles. The molecule has 1 aromatic carbocycles. The molecule has 2 N–H and O–H groups in total. The maximum absolute atomic E-state index is 5.36. The van der Waals surface area contributed by atoms with Crippen molar-refractivity contribution in [3.05, 3.63) is 29.3 Å². The third-order valence-corrected chi connectivity index (χ3v) is 4.40. The second-order valence-corrected chi connectivity index (χ2v) is 5.98. The molecule has 0 bridgehead atoms. The van der Waals surface area contributed by atoms with Gasteiger partial charge in [0, 0.05) is 25.3 Å². The van der Waals surface area contributed by atoms with Gasteiger partial charge in [-0.2, -0.15) is 0 Å². The van der Waals surface area contributed by atoms with E-state index in [9.17, 15) is 0 Å². The molecule has 0 atom stereocenters. The molecular formula is C17H27N3O. The fraction of sp³-hybridized carbons (Fsp3) is 0.647. The summed E-state index contributed by atoms with van der Waals surface area (Å²) < 4.78 is 5.36. The van der Waals surface area contributed by atoms with Crippen molar-refractivity contribution in [1.29, 1.82) is 0 Å². The first-order valence-corrected chi connectivity index (χ1v) is 8.28. The van der Waals surface area contributed by atoms with Crippen LogP contribution in [0.15, 0.2) is 18.2 Å². The number of ether oxygens (including phenoxy) is 1. The lowest BCUT2D eigenvalue weighted by molar-refractivity contribution is 0.0375. The minimum Gasteiger partial charge on any atom is -0.384 e. The van der Waals surface area contributed by atoms with Gasteiger partial charge < -0.3 is 15.4 Å². The summed E-state index contributed by atoms with van der Waals surface area (Å²) in [4.78, 5) is 2.50. The predicted octanol–water partition coefficient (Wildman–Crippen LogP) is 1.51. The predicted molar refractivity (Wildman–Crippen MR) is 87.1 cm³/mol. The van der Waals surface area contributed by atoms with E-state index in [1.165, 1.54) is 36.2 Å². The Labute approximate surface area is 127 Å². The second-order valence-electron chi connectivity index (χ2n) is 5.98. The highest BCUT2D eigenvalue weighted by Gasteiger charge is 2.10. The standard InChI is InChI=1S/C17H27N3O/c1(9-20-10-12-21-13-11-20)6-18-7-4-15-2-3-17-16(14-15)5-8-19-17/h2-3,14,18-19H,1,4-13H2. The summed E-state index contributed by atoms with van der Waals surface area (Å²) in [6, 6.07) is 6.85. The molecule has 0 radical (unpaired) electrons. The van der Waals surface area contributed by atoms with E-state index in [0.717, 1.165) is 52.4 Å². The number of hydrogen-bond donors (Lipinski definition) is 2. The van der Waals surface area contributed by atoms with Gasteiger partial charge in [0.25, 0.3) is 0 Å². The largest absolute Gasteiger partial charge is 0.384 e. The Morgan fingerprint density at radius 2 is 2.10 bits per heavy atom. The van der Waals surface area contributed by atoms with Gasteiger partial charge in [-0.3, -0.25) is 4.90 Å². The number of nitrogens with one attached hydrogen (secondary N) is 2. The van der Waals surface area contributed by atoms with Crippen molar-refractivity contribution in [2.45, 2.75) is 19.3 Å². The van der Waals surface area contributed by atoms with Crippen molar-refractivity contribution in [3.8, 4) is 0 Å². The van der Waals surface area contributed by atoms with Crippen LogP contribution in [0, 0.1) is 0 Å². The zero-order valence-electron chi connectivity index (χ0n) is 12.9. The molecule has 1 aromatic rings. The van der Waals surface area contributed by atoms with Crippen LogP contribution >= 0.6 is 0 Å². The van der Waals surface area contributed by atoms with Gasteiger partial charge in [-0.05, 0) is 56.1 Å². The van der Waals surface area contributed by atoms with Crippen LogP contribution in [0.25, 0.3) is 0 Å². The molecule has 0 aromatic heterocycles. The monoisotopic (exact) mass is 289 g/mol. The number of anilines is 1. The quantitative estimate of drug-likeness (QED) is 0.746. The molecule has 1 fully saturated rings. The third kappa shape index (κ3) is 4.43. The number of nitrogens with zero attached hydrogens (tertiary/aromatic N) is 1. The maximum atomic E-state index is 5.36. The number of morpholine rings is 1. The Bertz CT molecular complexity index is 444. The molecule has 4 heteroatoms. The average molecular weight is 289 g/mol. The summed E-state index contributed by atoms with van der Waals surface area (Å²) in [5, 5.41) is 6.98. The first-order valence-electron chi connectivity index (χ1n) is 8.28. The zero-order chi connectivity index (χ0) is 14.3. The lowest BCUT2D eigenvalue weighted by Crippen LogP contribution is -2.37. The van der Waals surface area contributed by atoms with Gasteiger partial charge in [-0.15, -0.1) is 0 Å². The van der Waals surface area contributed by atoms with Crippen molar-refractivity contribution in [3.63, 3.8) is 0 Å². The van der Waals surface area contributed by atoms with Crippen LogP contribution < -0.4 is 10.6 Å². The van der Waals surface area contributed by atoms with Crippen molar-refractivity contribution in [2.75, 3.05) is 57.8 Å². The SMILES string of the molecule is c1cc2c(cc1CCNCCCN1CCOCC1)CCN2. The lowest BCUT2D eigenvalue weighted by Gasteiger charge is -2.26. The minimum atomic E-state index is 0.903. The van der Waals surface area contributed by atoms with Crippen LogP contribution in [0.4, 0.5) is 5.69 Å². The first-order chi connectivity index (χ1) is 10.4. The van der Waals surface area contributed by atoms with E-state index >= 15 is 0 Å². The van der Waals surface area contributed by atoms with Gasteiger partial charge in [0.15, 0.2) is 0 Å². The van der Waals surface area contributed by atoms with Gasteiger partial charge in [-0.1, -0.05) is 12.1 Å². The van der Waals surface area contributed by atoms with E-state index in [1.807, 2.05) is 0 Å². The normalized spacial score (nSPS) is 18.5. The molecule has 1 saturated heterocycles. The van der Waals surface area contributed by atoms with Crippen molar-refractivity contribution in [1.82, 2.24) is 10.2 Å². The van der Waals surface area contributed by atoms with Crippen LogP contribution in [-0.2, 0) is 17.6 Å². The fourth-order valence-corrected chi connectivity index (χ4v) is 3.12. The second kappa shape index (κ2) is 7.78. The number of hydrogen-bond acceptors (Lipinski definition) is 4. The highest BCUT2D eigenvalue weighted by Crippen LogP contribution is 2.22.